The van der Waals surface area contributed by atoms with E-state index < -0.39 is 6.03 Å². The number of nitrogens with two attached hydrogens (primary N) is 1. The molecule has 0 heterocycles. The van der Waals surface area contributed by atoms with Gasteiger partial charge in [-0.15, -0.1) is 0 Å². The van der Waals surface area contributed by atoms with Crippen LogP contribution in [0.3, 0.4) is 0 Å². The van der Waals surface area contributed by atoms with Crippen molar-refractivity contribution in [2.45, 2.75) is 4.90 Å². The van der Waals surface area contributed by atoms with Gasteiger partial charge < -0.3 is 5.73 Å². The second-order valence-electron chi connectivity index (χ2n) is 2.02. The topological polar surface area (TPSA) is 55.1 Å². The second kappa shape index (κ2) is 4.56. The fraction of sp³-hybridized carbons (Fsp3) is 0. The smallest absolute Gasteiger partial charge is 0.322 e. The molecule has 5 heteroatoms. The molecular weight excluding hydrogens is 287 g/mol. The fourth-order valence-electron chi connectivity index (χ4n) is 0.612. The third-order valence-corrected chi connectivity index (χ3v) is 2.61. The molecule has 0 unspecified atom stereocenters. The van der Waals surface area contributed by atoms with Crippen molar-refractivity contribution in [2.24, 2.45) is 5.73 Å². The van der Waals surface area contributed by atoms with Crippen molar-refractivity contribution >= 4 is 40.6 Å². The number of carbonyl (C=O) groups excluding carboxylic acids is 1. The Morgan fingerprint density at radius 3 is 2.50 bits per heavy atom. The predicted molar refractivity (Wildman–Crippen MR) is 57.7 cm³/mol. The van der Waals surface area contributed by atoms with Crippen LogP contribution in [0.5, 0.6) is 0 Å². The zero-order valence-corrected chi connectivity index (χ0v) is 9.06. The van der Waals surface area contributed by atoms with E-state index in [2.05, 4.69) is 27.3 Å². The Morgan fingerprint density at radius 2 is 2.00 bits per heavy atom. The molecule has 0 aliphatic carbocycles. The molecule has 0 saturated carbocycles. The van der Waals surface area contributed by atoms with Gasteiger partial charge in [-0.25, -0.2) is 4.79 Å². The number of carbonyl (C=O) groups is 1. The zero-order chi connectivity index (χ0) is 8.97. The maximum Gasteiger partial charge on any atom is 0.322 e. The molecule has 1 aromatic rings. The van der Waals surface area contributed by atoms with Gasteiger partial charge in [0.1, 0.15) is 0 Å². The Hall–Kier alpha value is -0.430. The van der Waals surface area contributed by atoms with Gasteiger partial charge in [-0.1, -0.05) is 0 Å². The third-order valence-electron chi connectivity index (χ3n) is 1.08. The van der Waals surface area contributed by atoms with Crippen LogP contribution >= 0.6 is 34.5 Å². The van der Waals surface area contributed by atoms with Gasteiger partial charge in [-0.2, -0.15) is 0 Å². The molecule has 64 valence electrons. The van der Waals surface area contributed by atoms with Crippen LogP contribution in [0, 0.1) is 3.57 Å². The Labute approximate surface area is 88.4 Å². The summed E-state index contributed by atoms with van der Waals surface area (Å²) >= 11 is 3.43. The first-order valence-electron chi connectivity index (χ1n) is 3.16. The van der Waals surface area contributed by atoms with Crippen LogP contribution < -0.4 is 10.5 Å². The summed E-state index contributed by atoms with van der Waals surface area (Å²) in [5.74, 6) is 0. The van der Waals surface area contributed by atoms with Crippen molar-refractivity contribution in [2.75, 3.05) is 0 Å². The van der Waals surface area contributed by atoms with Crippen molar-refractivity contribution < 1.29 is 4.79 Å². The fourth-order valence-corrected chi connectivity index (χ4v) is 1.46. The van der Waals surface area contributed by atoms with E-state index in [0.29, 0.717) is 0 Å². The lowest BCUT2D eigenvalue weighted by Crippen LogP contribution is -2.22. The van der Waals surface area contributed by atoms with Gasteiger partial charge in [0.05, 0.1) is 0 Å². The zero-order valence-electron chi connectivity index (χ0n) is 6.08. The summed E-state index contributed by atoms with van der Waals surface area (Å²) < 4.78 is 3.60. The summed E-state index contributed by atoms with van der Waals surface area (Å²) in [6.07, 6.45) is 0. The van der Waals surface area contributed by atoms with Crippen LogP contribution in [-0.4, -0.2) is 6.03 Å². The maximum absolute atomic E-state index is 10.3. The molecule has 0 saturated heterocycles. The van der Waals surface area contributed by atoms with Crippen LogP contribution in [-0.2, 0) is 0 Å². The van der Waals surface area contributed by atoms with Gasteiger partial charge in [-0.3, -0.25) is 4.72 Å². The number of hydrogen-bond acceptors (Lipinski definition) is 2. The van der Waals surface area contributed by atoms with Crippen molar-refractivity contribution in [3.8, 4) is 0 Å². The predicted octanol–water partition coefficient (Wildman–Crippen LogP) is 1.97. The standard InChI is InChI=1S/C7H7IN2OS/c8-5-1-3-6(4-2-5)12-10-7(9)11/h1-4H,(H3,9,10,11). The van der Waals surface area contributed by atoms with Crippen LogP contribution in [0.15, 0.2) is 29.2 Å². The number of nitrogens with one attached hydrogen (secondary N) is 1. The van der Waals surface area contributed by atoms with Gasteiger partial charge in [0.25, 0.3) is 0 Å². The van der Waals surface area contributed by atoms with Crippen molar-refractivity contribution in [3.63, 3.8) is 0 Å². The van der Waals surface area contributed by atoms with E-state index in [9.17, 15) is 4.79 Å². The van der Waals surface area contributed by atoms with E-state index in [4.69, 9.17) is 5.73 Å². The van der Waals surface area contributed by atoms with E-state index in [1.807, 2.05) is 24.3 Å². The minimum atomic E-state index is -0.529. The normalized spacial score (nSPS) is 9.42. The molecule has 0 bridgehead atoms. The van der Waals surface area contributed by atoms with E-state index in [-0.39, 0.29) is 0 Å². The molecule has 2 amide bonds. The molecule has 0 spiro atoms. The number of hydrogen-bond donors (Lipinski definition) is 2. The number of amides is 2. The van der Waals surface area contributed by atoms with E-state index >= 15 is 0 Å². The maximum atomic E-state index is 10.3. The van der Waals surface area contributed by atoms with Gasteiger partial charge in [0.15, 0.2) is 0 Å². The Kier molecular flexibility index (Phi) is 3.67. The molecule has 1 aromatic carbocycles. The molecule has 0 aliphatic heterocycles. The average Bonchev–Trinajstić information content (AvgIpc) is 2.03. The van der Waals surface area contributed by atoms with Gasteiger partial charge in [-0.05, 0) is 58.8 Å². The first-order chi connectivity index (χ1) is 5.68. The Morgan fingerprint density at radius 1 is 1.42 bits per heavy atom. The van der Waals surface area contributed by atoms with Gasteiger partial charge >= 0.3 is 6.03 Å². The van der Waals surface area contributed by atoms with Gasteiger partial charge in [0, 0.05) is 8.47 Å². The summed E-state index contributed by atoms with van der Waals surface area (Å²) in [6, 6.07) is 7.24. The van der Waals surface area contributed by atoms with E-state index in [1.165, 1.54) is 11.9 Å². The molecule has 1 rings (SSSR count). The molecule has 3 N–H and O–H groups in total. The lowest BCUT2D eigenvalue weighted by molar-refractivity contribution is 0.254. The monoisotopic (exact) mass is 294 g/mol. The Balaban J connectivity index is 2.53. The average molecular weight is 294 g/mol. The van der Waals surface area contributed by atoms with Crippen LogP contribution in [0.2, 0.25) is 0 Å². The highest BCUT2D eigenvalue weighted by Gasteiger charge is 1.94. The van der Waals surface area contributed by atoms with Crippen LogP contribution in [0.4, 0.5) is 4.79 Å². The summed E-state index contributed by atoms with van der Waals surface area (Å²) in [7, 11) is 0. The molecule has 0 aromatic heterocycles. The Bertz CT molecular complexity index is 275. The minimum Gasteiger partial charge on any atom is -0.351 e. The molecule has 0 atom stereocenters. The summed E-state index contributed by atoms with van der Waals surface area (Å²) in [4.78, 5) is 11.3. The summed E-state index contributed by atoms with van der Waals surface area (Å²) in [6.45, 7) is 0. The van der Waals surface area contributed by atoms with Crippen LogP contribution in [0.1, 0.15) is 0 Å². The van der Waals surface area contributed by atoms with E-state index in [0.717, 1.165) is 8.47 Å². The SMILES string of the molecule is NC(=O)NSc1ccc(I)cc1. The molecule has 12 heavy (non-hydrogen) atoms. The number of rotatable bonds is 2. The number of halogens is 1. The first-order valence-corrected chi connectivity index (χ1v) is 5.06. The third kappa shape index (κ3) is 3.31. The molecular formula is C7H7IN2OS. The highest BCUT2D eigenvalue weighted by Crippen LogP contribution is 2.15. The van der Waals surface area contributed by atoms with Crippen molar-refractivity contribution in [1.29, 1.82) is 0 Å². The summed E-state index contributed by atoms with van der Waals surface area (Å²) in [5, 5.41) is 0. The molecule has 0 fully saturated rings. The minimum absolute atomic E-state index is 0.529. The second-order valence-corrected chi connectivity index (χ2v) is 4.15. The lowest BCUT2D eigenvalue weighted by atomic mass is 10.4. The first kappa shape index (κ1) is 9.66. The highest BCUT2D eigenvalue weighted by molar-refractivity contribution is 14.1. The lowest BCUT2D eigenvalue weighted by Gasteiger charge is -1.99. The number of primary amides is 1. The van der Waals surface area contributed by atoms with E-state index in [1.54, 1.807) is 0 Å². The van der Waals surface area contributed by atoms with Crippen LogP contribution in [0.25, 0.3) is 0 Å². The largest absolute Gasteiger partial charge is 0.351 e. The summed E-state index contributed by atoms with van der Waals surface area (Å²) in [5.41, 5.74) is 4.90. The molecule has 0 radical (unpaired) electrons. The highest BCUT2D eigenvalue weighted by atomic mass is 127. The number of urea groups is 1. The quantitative estimate of drug-likeness (QED) is 0.647. The molecule has 0 aliphatic rings. The van der Waals surface area contributed by atoms with Gasteiger partial charge in [0.2, 0.25) is 0 Å². The van der Waals surface area contributed by atoms with Crippen molar-refractivity contribution in [1.82, 2.24) is 4.72 Å². The molecule has 3 nitrogen and oxygen atoms in total. The van der Waals surface area contributed by atoms with Crippen molar-refractivity contribution in [3.05, 3.63) is 27.8 Å². The number of benzene rings is 1.